The molecule has 1 nitrogen and oxygen atoms in total. The molecule has 1 N–H and O–H groups in total. The highest BCUT2D eigenvalue weighted by molar-refractivity contribution is 5.29. The molecule has 24 heavy (non-hydrogen) atoms. The van der Waals surface area contributed by atoms with Crippen molar-refractivity contribution < 1.29 is 35.8 Å². The Morgan fingerprint density at radius 3 is 1.67 bits per heavy atom. The Morgan fingerprint density at radius 1 is 0.917 bits per heavy atom. The summed E-state index contributed by atoms with van der Waals surface area (Å²) in [7, 11) is 0. The summed E-state index contributed by atoms with van der Waals surface area (Å²) in [4.78, 5) is 0. The fourth-order valence-electron chi connectivity index (χ4n) is 2.34. The van der Waals surface area contributed by atoms with Crippen LogP contribution in [-0.2, 0) is 5.60 Å². The highest BCUT2D eigenvalue weighted by atomic mass is 19.4. The van der Waals surface area contributed by atoms with E-state index in [2.05, 4.69) is 0 Å². The number of halogens is 7. The molecule has 138 valence electrons. The van der Waals surface area contributed by atoms with Crippen molar-refractivity contribution in [1.82, 2.24) is 0 Å². The van der Waals surface area contributed by atoms with Gasteiger partial charge in [0.15, 0.2) is 0 Å². The van der Waals surface area contributed by atoms with E-state index in [1.54, 1.807) is 0 Å². The van der Waals surface area contributed by atoms with Crippen molar-refractivity contribution in [3.63, 3.8) is 0 Å². The van der Waals surface area contributed by atoms with E-state index in [1.807, 2.05) is 13.8 Å². The molecule has 0 aliphatic heterocycles. The van der Waals surface area contributed by atoms with Crippen LogP contribution >= 0.6 is 0 Å². The van der Waals surface area contributed by atoms with Gasteiger partial charge in [-0.25, -0.2) is 4.39 Å². The fourth-order valence-corrected chi connectivity index (χ4v) is 2.34. The van der Waals surface area contributed by atoms with Gasteiger partial charge in [-0.2, -0.15) is 26.3 Å². The summed E-state index contributed by atoms with van der Waals surface area (Å²) in [5.41, 5.74) is -7.55. The van der Waals surface area contributed by atoms with E-state index in [0.717, 1.165) is 18.9 Å². The Balaban J connectivity index is 3.19. The van der Waals surface area contributed by atoms with Gasteiger partial charge in [0, 0.05) is 6.42 Å². The van der Waals surface area contributed by atoms with E-state index < -0.39 is 30.0 Å². The first-order chi connectivity index (χ1) is 10.7. The summed E-state index contributed by atoms with van der Waals surface area (Å²) in [6.07, 6.45) is -13.8. The molecule has 1 aromatic rings. The van der Waals surface area contributed by atoms with Crippen LogP contribution in [0.5, 0.6) is 0 Å². The third kappa shape index (κ3) is 4.02. The van der Waals surface area contributed by atoms with E-state index in [9.17, 15) is 35.8 Å². The average Bonchev–Trinajstić information content (AvgIpc) is 2.43. The molecule has 0 amide bonds. The average molecular weight is 360 g/mol. The third-order valence-corrected chi connectivity index (χ3v) is 4.20. The molecule has 2 unspecified atom stereocenters. The number of aliphatic hydroxyl groups is 1. The lowest BCUT2D eigenvalue weighted by Crippen LogP contribution is -2.56. The van der Waals surface area contributed by atoms with Crippen LogP contribution in [0, 0.1) is 0 Å². The van der Waals surface area contributed by atoms with Gasteiger partial charge in [-0.05, 0) is 30.4 Å². The van der Waals surface area contributed by atoms with E-state index in [0.29, 0.717) is 0 Å². The molecule has 0 saturated heterocycles. The van der Waals surface area contributed by atoms with Crippen LogP contribution in [0.3, 0.4) is 0 Å². The number of hydrogen-bond acceptors (Lipinski definition) is 1. The van der Waals surface area contributed by atoms with Crippen LogP contribution in [0.4, 0.5) is 30.7 Å². The van der Waals surface area contributed by atoms with Crippen molar-refractivity contribution in [3.05, 3.63) is 35.4 Å². The van der Waals surface area contributed by atoms with Gasteiger partial charge in [-0.1, -0.05) is 38.1 Å². The van der Waals surface area contributed by atoms with Gasteiger partial charge >= 0.3 is 18.0 Å². The van der Waals surface area contributed by atoms with E-state index in [4.69, 9.17) is 0 Å². The highest BCUT2D eigenvalue weighted by Crippen LogP contribution is 2.51. The minimum Gasteiger partial charge on any atom is -0.385 e. The fraction of sp³-hybridized carbons (Fsp3) is 0.625. The van der Waals surface area contributed by atoms with Crippen LogP contribution in [0.15, 0.2) is 24.3 Å². The molecule has 1 rings (SSSR count). The quantitative estimate of drug-likeness (QED) is 0.675. The lowest BCUT2D eigenvalue weighted by molar-refractivity contribution is -0.352. The van der Waals surface area contributed by atoms with Crippen molar-refractivity contribution >= 4 is 0 Å². The zero-order valence-electron chi connectivity index (χ0n) is 13.4. The Kier molecular flexibility index (Phi) is 5.65. The van der Waals surface area contributed by atoms with Crippen LogP contribution < -0.4 is 0 Å². The van der Waals surface area contributed by atoms with E-state index >= 15 is 0 Å². The number of alkyl halides is 7. The molecule has 2 atom stereocenters. The number of rotatable bonds is 5. The van der Waals surface area contributed by atoms with Gasteiger partial charge in [0.1, 0.15) is 0 Å². The van der Waals surface area contributed by atoms with Crippen molar-refractivity contribution in [2.24, 2.45) is 0 Å². The topological polar surface area (TPSA) is 20.2 Å². The largest absolute Gasteiger partial charge is 0.431 e. The van der Waals surface area contributed by atoms with Gasteiger partial charge in [0.05, 0.1) is 5.60 Å². The molecular weight excluding hydrogens is 341 g/mol. The monoisotopic (exact) mass is 360 g/mol. The maximum Gasteiger partial charge on any atom is 0.431 e. The molecule has 1 aromatic carbocycles. The molecule has 0 aliphatic rings. The summed E-state index contributed by atoms with van der Waals surface area (Å²) < 4.78 is 89.8. The smallest absolute Gasteiger partial charge is 0.385 e. The summed E-state index contributed by atoms with van der Waals surface area (Å²) in [5.74, 6) is 0.134. The zero-order valence-corrected chi connectivity index (χ0v) is 13.4. The first-order valence-corrected chi connectivity index (χ1v) is 7.31. The lowest BCUT2D eigenvalue weighted by atomic mass is 9.82. The third-order valence-electron chi connectivity index (χ3n) is 4.20. The van der Waals surface area contributed by atoms with Crippen molar-refractivity contribution in [1.29, 1.82) is 0 Å². The molecule has 0 heterocycles. The van der Waals surface area contributed by atoms with Gasteiger partial charge in [0.25, 0.3) is 0 Å². The van der Waals surface area contributed by atoms with Gasteiger partial charge < -0.3 is 5.11 Å². The SMILES string of the molecule is CCC(C)c1ccc(C(C)(O)CC(F)(C(F)(F)F)C(F)(F)F)cc1. The van der Waals surface area contributed by atoms with Gasteiger partial charge in [-0.15, -0.1) is 0 Å². The zero-order chi connectivity index (χ0) is 19.0. The number of hydrogen-bond donors (Lipinski definition) is 1. The van der Waals surface area contributed by atoms with Crippen LogP contribution in [0.2, 0.25) is 0 Å². The molecule has 0 bridgehead atoms. The summed E-state index contributed by atoms with van der Waals surface area (Å²) in [6, 6.07) is 5.43. The molecule has 0 spiro atoms. The number of benzene rings is 1. The molecule has 8 heteroatoms. The lowest BCUT2D eigenvalue weighted by Gasteiger charge is -2.36. The predicted octanol–water partition coefficient (Wildman–Crippen LogP) is 5.63. The van der Waals surface area contributed by atoms with Crippen molar-refractivity contribution in [2.45, 2.75) is 63.2 Å². The van der Waals surface area contributed by atoms with Crippen molar-refractivity contribution in [2.75, 3.05) is 0 Å². The standard InChI is InChI=1S/C16H19F7O/c1-4-10(2)11-5-7-12(8-6-11)13(3,24)9-14(17,15(18,19)20)16(21,22)23/h5-8,10,24H,4,9H2,1-3H3. The van der Waals surface area contributed by atoms with Gasteiger partial charge in [-0.3, -0.25) is 0 Å². The second kappa shape index (κ2) is 6.54. The van der Waals surface area contributed by atoms with Gasteiger partial charge in [0.2, 0.25) is 0 Å². The van der Waals surface area contributed by atoms with Crippen molar-refractivity contribution in [3.8, 4) is 0 Å². The molecular formula is C16H19F7O. The molecule has 0 aromatic heterocycles. The molecule has 0 aliphatic carbocycles. The maximum absolute atomic E-state index is 13.8. The van der Waals surface area contributed by atoms with Crippen LogP contribution in [0.1, 0.15) is 50.7 Å². The molecule has 0 fully saturated rings. The summed E-state index contributed by atoms with van der Waals surface area (Å²) in [6.45, 7) is 4.54. The first kappa shape index (κ1) is 20.7. The minimum atomic E-state index is -6.19. The first-order valence-electron chi connectivity index (χ1n) is 7.31. The summed E-state index contributed by atoms with van der Waals surface area (Å²) in [5, 5.41) is 10.1. The highest BCUT2D eigenvalue weighted by Gasteiger charge is 2.73. The molecule has 0 radical (unpaired) electrons. The summed E-state index contributed by atoms with van der Waals surface area (Å²) >= 11 is 0. The Labute approximate surface area is 135 Å². The minimum absolute atomic E-state index is 0.134. The van der Waals surface area contributed by atoms with E-state index in [1.165, 1.54) is 24.3 Å². The van der Waals surface area contributed by atoms with Crippen LogP contribution in [0.25, 0.3) is 0 Å². The van der Waals surface area contributed by atoms with E-state index in [-0.39, 0.29) is 11.5 Å². The predicted molar refractivity (Wildman–Crippen MR) is 75.3 cm³/mol. The Hall–Kier alpha value is -1.31. The second-order valence-electron chi connectivity index (χ2n) is 6.18. The van der Waals surface area contributed by atoms with Crippen LogP contribution in [-0.4, -0.2) is 23.1 Å². The maximum atomic E-state index is 13.8. The Bertz CT molecular complexity index is 529. The molecule has 0 saturated carbocycles. The second-order valence-corrected chi connectivity index (χ2v) is 6.18. The normalized spacial score (nSPS) is 17.5. The Morgan fingerprint density at radius 2 is 1.33 bits per heavy atom.